The van der Waals surface area contributed by atoms with Crippen molar-refractivity contribution in [2.45, 2.75) is 33.2 Å². The summed E-state index contributed by atoms with van der Waals surface area (Å²) >= 11 is 8.03. The zero-order chi connectivity index (χ0) is 17.4. The van der Waals surface area contributed by atoms with Gasteiger partial charge in [-0.05, 0) is 60.1 Å². The van der Waals surface area contributed by atoms with Crippen molar-refractivity contribution < 1.29 is 14.3 Å². The Kier molecular flexibility index (Phi) is 8.68. The lowest BCUT2D eigenvalue weighted by Crippen LogP contribution is -2.44. The monoisotopic (exact) mass is 452 g/mol. The van der Waals surface area contributed by atoms with E-state index in [0.717, 1.165) is 9.99 Å². The molecule has 2 amide bonds. The molecule has 128 valence electrons. The van der Waals surface area contributed by atoms with Crippen molar-refractivity contribution in [3.8, 4) is 0 Å². The van der Waals surface area contributed by atoms with Crippen LogP contribution in [0, 0.1) is 9.49 Å². The molecular formula is C16H22ClIN2O3. The lowest BCUT2D eigenvalue weighted by Gasteiger charge is -2.21. The summed E-state index contributed by atoms with van der Waals surface area (Å²) in [7, 11) is 0. The molecule has 7 heteroatoms. The van der Waals surface area contributed by atoms with Gasteiger partial charge in [-0.2, -0.15) is 0 Å². The van der Waals surface area contributed by atoms with Crippen LogP contribution in [0.25, 0.3) is 0 Å². The van der Waals surface area contributed by atoms with Crippen LogP contribution in [-0.4, -0.2) is 31.2 Å². The molecule has 1 aromatic rings. The second-order valence-electron chi connectivity index (χ2n) is 5.53. The fraction of sp³-hybridized carbons (Fsp3) is 0.500. The Morgan fingerprint density at radius 3 is 2.65 bits per heavy atom. The van der Waals surface area contributed by atoms with Gasteiger partial charge in [0.15, 0.2) is 0 Å². The predicted octanol–water partition coefficient (Wildman–Crippen LogP) is 3.84. The van der Waals surface area contributed by atoms with Gasteiger partial charge in [0.2, 0.25) is 0 Å². The molecule has 0 aliphatic carbocycles. The van der Waals surface area contributed by atoms with E-state index >= 15 is 0 Å². The van der Waals surface area contributed by atoms with Gasteiger partial charge in [0, 0.05) is 21.2 Å². The molecule has 0 radical (unpaired) electrons. The van der Waals surface area contributed by atoms with Crippen molar-refractivity contribution in [1.82, 2.24) is 10.6 Å². The second-order valence-corrected chi connectivity index (χ2v) is 7.12. The summed E-state index contributed by atoms with van der Waals surface area (Å²) in [5, 5.41) is 6.14. The molecule has 0 heterocycles. The SMILES string of the molecule is CCOC(=O)NC(CNC(=O)c1cc(Cl)ccc1I)CC(C)C. The quantitative estimate of drug-likeness (QED) is 0.618. The summed E-state index contributed by atoms with van der Waals surface area (Å²) in [6.45, 7) is 6.51. The maximum Gasteiger partial charge on any atom is 0.407 e. The normalized spacial score (nSPS) is 11.9. The van der Waals surface area contributed by atoms with Crippen molar-refractivity contribution in [3.05, 3.63) is 32.4 Å². The van der Waals surface area contributed by atoms with Crippen LogP contribution in [0.4, 0.5) is 4.79 Å². The minimum atomic E-state index is -0.468. The number of hydrogen-bond donors (Lipinski definition) is 2. The van der Waals surface area contributed by atoms with Gasteiger partial charge in [0.05, 0.1) is 12.2 Å². The van der Waals surface area contributed by atoms with Gasteiger partial charge in [-0.1, -0.05) is 25.4 Å². The van der Waals surface area contributed by atoms with Gasteiger partial charge >= 0.3 is 6.09 Å². The average molecular weight is 453 g/mol. The molecule has 0 saturated carbocycles. The maximum absolute atomic E-state index is 12.3. The van der Waals surface area contributed by atoms with E-state index in [0.29, 0.717) is 29.7 Å². The largest absolute Gasteiger partial charge is 0.450 e. The fourth-order valence-electron chi connectivity index (χ4n) is 2.08. The third-order valence-electron chi connectivity index (χ3n) is 3.04. The highest BCUT2D eigenvalue weighted by molar-refractivity contribution is 14.1. The zero-order valence-corrected chi connectivity index (χ0v) is 16.4. The van der Waals surface area contributed by atoms with Crippen molar-refractivity contribution in [2.75, 3.05) is 13.2 Å². The van der Waals surface area contributed by atoms with E-state index in [1.165, 1.54) is 0 Å². The van der Waals surface area contributed by atoms with Gasteiger partial charge in [0.25, 0.3) is 5.91 Å². The molecular weight excluding hydrogens is 431 g/mol. The van der Waals surface area contributed by atoms with Crippen molar-refractivity contribution in [1.29, 1.82) is 0 Å². The third kappa shape index (κ3) is 7.39. The number of halogens is 2. The lowest BCUT2D eigenvalue weighted by molar-refractivity contribution is 0.0943. The highest BCUT2D eigenvalue weighted by Crippen LogP contribution is 2.17. The zero-order valence-electron chi connectivity index (χ0n) is 13.5. The van der Waals surface area contributed by atoms with Crippen LogP contribution in [0.15, 0.2) is 18.2 Å². The van der Waals surface area contributed by atoms with Crippen molar-refractivity contribution in [2.24, 2.45) is 5.92 Å². The average Bonchev–Trinajstić information content (AvgIpc) is 2.46. The van der Waals surface area contributed by atoms with E-state index in [4.69, 9.17) is 16.3 Å². The Hall–Kier alpha value is -1.02. The van der Waals surface area contributed by atoms with Crippen molar-refractivity contribution >= 4 is 46.2 Å². The van der Waals surface area contributed by atoms with E-state index in [-0.39, 0.29) is 11.9 Å². The first kappa shape index (κ1) is 20.0. The van der Waals surface area contributed by atoms with E-state index in [9.17, 15) is 9.59 Å². The summed E-state index contributed by atoms with van der Waals surface area (Å²) in [5.41, 5.74) is 0.525. The molecule has 0 fully saturated rings. The van der Waals surface area contributed by atoms with Crippen LogP contribution in [0.1, 0.15) is 37.6 Å². The van der Waals surface area contributed by atoms with Crippen LogP contribution >= 0.6 is 34.2 Å². The van der Waals surface area contributed by atoms with Crippen molar-refractivity contribution in [3.63, 3.8) is 0 Å². The predicted molar refractivity (Wildman–Crippen MR) is 99.9 cm³/mol. The van der Waals surface area contributed by atoms with Crippen LogP contribution in [0.5, 0.6) is 0 Å². The smallest absolute Gasteiger partial charge is 0.407 e. The number of ether oxygens (including phenoxy) is 1. The Morgan fingerprint density at radius 1 is 1.35 bits per heavy atom. The third-order valence-corrected chi connectivity index (χ3v) is 4.21. The van der Waals surface area contributed by atoms with Gasteiger partial charge < -0.3 is 15.4 Å². The molecule has 0 bridgehead atoms. The number of amides is 2. The molecule has 0 aromatic heterocycles. The Balaban J connectivity index is 2.67. The molecule has 1 rings (SSSR count). The Morgan fingerprint density at radius 2 is 2.04 bits per heavy atom. The van der Waals surface area contributed by atoms with E-state index in [2.05, 4.69) is 47.1 Å². The lowest BCUT2D eigenvalue weighted by atomic mass is 10.0. The standard InChI is InChI=1S/C16H22ClIN2O3/c1-4-23-16(22)20-12(7-10(2)3)9-19-15(21)13-8-11(17)5-6-14(13)18/h5-6,8,10,12H,4,7,9H2,1-3H3,(H,19,21)(H,20,22). The summed E-state index contributed by atoms with van der Waals surface area (Å²) in [6.07, 6.45) is 0.274. The fourth-order valence-corrected chi connectivity index (χ4v) is 2.84. The highest BCUT2D eigenvalue weighted by atomic mass is 127. The number of nitrogens with one attached hydrogen (secondary N) is 2. The summed E-state index contributed by atoms with van der Waals surface area (Å²) in [5.74, 6) is 0.168. The van der Waals surface area contributed by atoms with Crippen LogP contribution < -0.4 is 10.6 Å². The number of alkyl carbamates (subject to hydrolysis) is 1. The molecule has 5 nitrogen and oxygen atoms in total. The molecule has 1 aromatic carbocycles. The van der Waals surface area contributed by atoms with Crippen LogP contribution in [0.2, 0.25) is 5.02 Å². The van der Waals surface area contributed by atoms with E-state index in [1.54, 1.807) is 25.1 Å². The molecule has 1 unspecified atom stereocenters. The number of benzene rings is 1. The summed E-state index contributed by atoms with van der Waals surface area (Å²) < 4.78 is 5.72. The van der Waals surface area contributed by atoms with Gasteiger partial charge in [0.1, 0.15) is 0 Å². The molecule has 0 aliphatic heterocycles. The topological polar surface area (TPSA) is 67.4 Å². The first-order chi connectivity index (χ1) is 10.8. The maximum atomic E-state index is 12.3. The van der Waals surface area contributed by atoms with E-state index in [1.807, 2.05) is 0 Å². The first-order valence-corrected chi connectivity index (χ1v) is 8.95. The molecule has 0 spiro atoms. The highest BCUT2D eigenvalue weighted by Gasteiger charge is 2.17. The minimum absolute atomic E-state index is 0.185. The molecule has 23 heavy (non-hydrogen) atoms. The Bertz CT molecular complexity index is 552. The number of carbonyl (C=O) groups is 2. The van der Waals surface area contributed by atoms with Gasteiger partial charge in [-0.3, -0.25) is 4.79 Å². The number of carbonyl (C=O) groups excluding carboxylic acids is 2. The van der Waals surface area contributed by atoms with E-state index < -0.39 is 6.09 Å². The second kappa shape index (κ2) is 9.97. The summed E-state index contributed by atoms with van der Waals surface area (Å²) in [6, 6.07) is 4.98. The molecule has 2 N–H and O–H groups in total. The number of rotatable bonds is 7. The van der Waals surface area contributed by atoms with Gasteiger partial charge in [-0.15, -0.1) is 0 Å². The van der Waals surface area contributed by atoms with Crippen LogP contribution in [-0.2, 0) is 4.74 Å². The van der Waals surface area contributed by atoms with Gasteiger partial charge in [-0.25, -0.2) is 4.79 Å². The van der Waals surface area contributed by atoms with Crippen LogP contribution in [0.3, 0.4) is 0 Å². The molecule has 0 saturated heterocycles. The first-order valence-electron chi connectivity index (χ1n) is 7.50. The molecule has 1 atom stereocenters. The summed E-state index contributed by atoms with van der Waals surface area (Å²) in [4.78, 5) is 23.9. The minimum Gasteiger partial charge on any atom is -0.450 e. The Labute approximate surface area is 155 Å². The number of hydrogen-bond acceptors (Lipinski definition) is 3. The molecule has 0 aliphatic rings.